The first kappa shape index (κ1) is 21.3. The Kier molecular flexibility index (Phi) is 8.69. The molecule has 0 aliphatic rings. The van der Waals surface area contributed by atoms with Crippen LogP contribution in [-0.2, 0) is 16.0 Å². The minimum Gasteiger partial charge on any atom is -0.353 e. The summed E-state index contributed by atoms with van der Waals surface area (Å²) in [4.78, 5) is 25.8. The summed E-state index contributed by atoms with van der Waals surface area (Å²) >= 11 is 7.52. The van der Waals surface area contributed by atoms with Crippen LogP contribution in [0.4, 0.5) is 0 Å². The fourth-order valence-corrected chi connectivity index (χ4v) is 3.42. The Morgan fingerprint density at radius 1 is 1.04 bits per heavy atom. The summed E-state index contributed by atoms with van der Waals surface area (Å²) in [6, 6.07) is 16.6. The third-order valence-corrected chi connectivity index (χ3v) is 5.22. The van der Waals surface area contributed by atoms with Crippen LogP contribution in [-0.4, -0.2) is 30.2 Å². The van der Waals surface area contributed by atoms with Crippen LogP contribution in [0.3, 0.4) is 0 Å². The van der Waals surface area contributed by atoms with Gasteiger partial charge in [-0.05, 0) is 35.7 Å². The van der Waals surface area contributed by atoms with E-state index in [1.165, 1.54) is 0 Å². The fraction of sp³-hybridized carbons (Fsp3) is 0.333. The van der Waals surface area contributed by atoms with Crippen molar-refractivity contribution < 1.29 is 9.59 Å². The molecular formula is C21H25ClN2O2S. The van der Waals surface area contributed by atoms with Gasteiger partial charge in [-0.25, -0.2) is 0 Å². The number of thioether (sulfide) groups is 1. The van der Waals surface area contributed by atoms with E-state index in [-0.39, 0.29) is 24.2 Å². The third-order valence-electron chi connectivity index (χ3n) is 3.96. The Bertz CT molecular complexity index is 736. The van der Waals surface area contributed by atoms with Gasteiger partial charge in [0.25, 0.3) is 0 Å². The predicted molar refractivity (Wildman–Crippen MR) is 112 cm³/mol. The molecule has 2 aromatic rings. The predicted octanol–water partition coefficient (Wildman–Crippen LogP) is 3.93. The zero-order valence-electron chi connectivity index (χ0n) is 15.6. The Labute approximate surface area is 170 Å². The highest BCUT2D eigenvalue weighted by atomic mass is 35.5. The largest absolute Gasteiger partial charge is 0.353 e. The molecule has 2 aromatic carbocycles. The lowest BCUT2D eigenvalue weighted by Crippen LogP contribution is -2.50. The van der Waals surface area contributed by atoms with Gasteiger partial charge in [-0.2, -0.15) is 0 Å². The molecule has 0 aliphatic carbocycles. The molecule has 2 amide bonds. The van der Waals surface area contributed by atoms with Gasteiger partial charge in [0.1, 0.15) is 6.04 Å². The van der Waals surface area contributed by atoms with Gasteiger partial charge in [-0.1, -0.05) is 55.8 Å². The number of carbonyl (C=O) groups is 2. The van der Waals surface area contributed by atoms with E-state index >= 15 is 0 Å². The van der Waals surface area contributed by atoms with Crippen LogP contribution in [0.5, 0.6) is 0 Å². The molecule has 0 bridgehead atoms. The van der Waals surface area contributed by atoms with E-state index in [9.17, 15) is 9.59 Å². The number of rotatable bonds is 9. The van der Waals surface area contributed by atoms with Crippen molar-refractivity contribution in [2.75, 3.05) is 12.3 Å². The Morgan fingerprint density at radius 2 is 1.70 bits per heavy atom. The summed E-state index contributed by atoms with van der Waals surface area (Å²) in [5, 5.41) is 6.48. The van der Waals surface area contributed by atoms with Crippen LogP contribution in [0, 0.1) is 5.92 Å². The molecule has 0 saturated heterocycles. The Hall–Kier alpha value is -1.98. The average molecular weight is 405 g/mol. The second-order valence-electron chi connectivity index (χ2n) is 6.54. The van der Waals surface area contributed by atoms with Crippen molar-refractivity contribution in [1.82, 2.24) is 10.6 Å². The maximum absolute atomic E-state index is 12.5. The van der Waals surface area contributed by atoms with Crippen molar-refractivity contribution >= 4 is 35.2 Å². The number of nitrogens with one attached hydrogen (secondary N) is 2. The molecule has 0 aromatic heterocycles. The first-order valence-corrected chi connectivity index (χ1v) is 10.3. The summed E-state index contributed by atoms with van der Waals surface area (Å²) in [5.41, 5.74) is 0.928. The zero-order chi connectivity index (χ0) is 19.6. The van der Waals surface area contributed by atoms with Crippen LogP contribution < -0.4 is 10.6 Å². The molecule has 0 aliphatic heterocycles. The molecule has 0 saturated carbocycles. The van der Waals surface area contributed by atoms with E-state index in [1.54, 1.807) is 11.8 Å². The van der Waals surface area contributed by atoms with Crippen molar-refractivity contribution in [3.63, 3.8) is 0 Å². The summed E-state index contributed by atoms with van der Waals surface area (Å²) < 4.78 is 0. The van der Waals surface area contributed by atoms with E-state index in [1.807, 2.05) is 68.4 Å². The van der Waals surface area contributed by atoms with Crippen LogP contribution in [0.25, 0.3) is 0 Å². The second kappa shape index (κ2) is 11.0. The number of amides is 2. The van der Waals surface area contributed by atoms with Crippen molar-refractivity contribution in [2.24, 2.45) is 5.92 Å². The first-order chi connectivity index (χ1) is 13.0. The highest BCUT2D eigenvalue weighted by molar-refractivity contribution is 7.99. The quantitative estimate of drug-likeness (QED) is 0.491. The van der Waals surface area contributed by atoms with Crippen molar-refractivity contribution in [2.45, 2.75) is 31.2 Å². The standard InChI is InChI=1S/C21H25ClN2O2S/c1-15(2)20(24-19(25)14-16-6-4-3-5-7-16)21(26)23-12-13-27-18-10-8-17(22)9-11-18/h3-11,15,20H,12-14H2,1-2H3,(H,23,26)(H,24,25)/t20-/m0/s1. The molecule has 0 heterocycles. The third kappa shape index (κ3) is 7.65. The molecule has 0 fully saturated rings. The lowest BCUT2D eigenvalue weighted by molar-refractivity contribution is -0.129. The first-order valence-electron chi connectivity index (χ1n) is 8.95. The average Bonchev–Trinajstić information content (AvgIpc) is 2.65. The summed E-state index contributed by atoms with van der Waals surface area (Å²) in [5.74, 6) is 0.457. The highest BCUT2D eigenvalue weighted by Gasteiger charge is 2.23. The van der Waals surface area contributed by atoms with Crippen LogP contribution >= 0.6 is 23.4 Å². The molecule has 27 heavy (non-hydrogen) atoms. The lowest BCUT2D eigenvalue weighted by atomic mass is 10.0. The number of benzene rings is 2. The molecule has 4 nitrogen and oxygen atoms in total. The normalized spacial score (nSPS) is 11.9. The maximum Gasteiger partial charge on any atom is 0.242 e. The molecule has 0 unspecified atom stereocenters. The van der Waals surface area contributed by atoms with Crippen molar-refractivity contribution in [3.05, 3.63) is 65.2 Å². The highest BCUT2D eigenvalue weighted by Crippen LogP contribution is 2.19. The van der Waals surface area contributed by atoms with Gasteiger partial charge in [-0.3, -0.25) is 9.59 Å². The zero-order valence-corrected chi connectivity index (χ0v) is 17.1. The van der Waals surface area contributed by atoms with Gasteiger partial charge in [-0.15, -0.1) is 11.8 Å². The number of halogens is 1. The molecule has 0 spiro atoms. The van der Waals surface area contributed by atoms with E-state index in [4.69, 9.17) is 11.6 Å². The van der Waals surface area contributed by atoms with Gasteiger partial charge < -0.3 is 10.6 Å². The van der Waals surface area contributed by atoms with E-state index in [2.05, 4.69) is 10.6 Å². The minimum absolute atomic E-state index is 0.00800. The van der Waals surface area contributed by atoms with Gasteiger partial charge in [0, 0.05) is 22.2 Å². The van der Waals surface area contributed by atoms with Gasteiger partial charge in [0.15, 0.2) is 0 Å². The maximum atomic E-state index is 12.5. The lowest BCUT2D eigenvalue weighted by Gasteiger charge is -2.21. The SMILES string of the molecule is CC(C)[C@H](NC(=O)Cc1ccccc1)C(=O)NCCSc1ccc(Cl)cc1. The number of hydrogen-bond acceptors (Lipinski definition) is 3. The van der Waals surface area contributed by atoms with E-state index in [0.717, 1.165) is 16.2 Å². The van der Waals surface area contributed by atoms with Gasteiger partial charge in [0.05, 0.1) is 6.42 Å². The van der Waals surface area contributed by atoms with Crippen molar-refractivity contribution in [3.8, 4) is 0 Å². The molecule has 144 valence electrons. The van der Waals surface area contributed by atoms with Crippen LogP contribution in [0.1, 0.15) is 19.4 Å². The van der Waals surface area contributed by atoms with Gasteiger partial charge >= 0.3 is 0 Å². The minimum atomic E-state index is -0.540. The number of hydrogen-bond donors (Lipinski definition) is 2. The Morgan fingerprint density at radius 3 is 2.33 bits per heavy atom. The molecule has 0 radical (unpaired) electrons. The summed E-state index contributed by atoms with van der Waals surface area (Å²) in [6.07, 6.45) is 0.268. The van der Waals surface area contributed by atoms with Gasteiger partial charge in [0.2, 0.25) is 11.8 Å². The van der Waals surface area contributed by atoms with E-state index < -0.39 is 6.04 Å². The molecule has 1 atom stereocenters. The fourth-order valence-electron chi connectivity index (χ4n) is 2.52. The monoisotopic (exact) mass is 404 g/mol. The summed E-state index contributed by atoms with van der Waals surface area (Å²) in [6.45, 7) is 4.38. The Balaban J connectivity index is 1.78. The van der Waals surface area contributed by atoms with Crippen molar-refractivity contribution in [1.29, 1.82) is 0 Å². The van der Waals surface area contributed by atoms with E-state index in [0.29, 0.717) is 11.6 Å². The molecule has 2 N–H and O–H groups in total. The smallest absolute Gasteiger partial charge is 0.242 e. The van der Waals surface area contributed by atoms with Crippen LogP contribution in [0.15, 0.2) is 59.5 Å². The molecular weight excluding hydrogens is 380 g/mol. The second-order valence-corrected chi connectivity index (χ2v) is 8.15. The molecule has 6 heteroatoms. The topological polar surface area (TPSA) is 58.2 Å². The molecule has 2 rings (SSSR count). The summed E-state index contributed by atoms with van der Waals surface area (Å²) in [7, 11) is 0. The number of carbonyl (C=O) groups excluding carboxylic acids is 2. The van der Waals surface area contributed by atoms with Crippen LogP contribution in [0.2, 0.25) is 5.02 Å².